The summed E-state index contributed by atoms with van der Waals surface area (Å²) in [4.78, 5) is 0. The molecular weight excluding hydrogens is 255 g/mol. The monoisotopic (exact) mass is 278 g/mol. The summed E-state index contributed by atoms with van der Waals surface area (Å²) in [6.07, 6.45) is 8.26. The van der Waals surface area contributed by atoms with Crippen molar-refractivity contribution in [2.45, 2.75) is 58.5 Å². The van der Waals surface area contributed by atoms with Gasteiger partial charge >= 0.3 is 0 Å². The molecule has 110 valence electrons. The predicted molar refractivity (Wildman–Crippen MR) is 79.2 cm³/mol. The number of aliphatic hydroxyl groups is 1. The topological polar surface area (TPSA) is 33.4 Å². The zero-order valence-corrected chi connectivity index (χ0v) is 12.1. The van der Waals surface area contributed by atoms with Gasteiger partial charge in [-0.3, -0.25) is 0 Å². The van der Waals surface area contributed by atoms with Gasteiger partial charge in [-0.1, -0.05) is 39.0 Å². The lowest BCUT2D eigenvalue weighted by atomic mass is 10.1. The van der Waals surface area contributed by atoms with Crippen LogP contribution in [0.4, 0.5) is 4.39 Å². The van der Waals surface area contributed by atoms with Crippen LogP contribution in [0.15, 0.2) is 22.6 Å². The van der Waals surface area contributed by atoms with Crippen LogP contribution in [-0.2, 0) is 13.0 Å². The average molecular weight is 278 g/mol. The Morgan fingerprint density at radius 1 is 1.05 bits per heavy atom. The number of aryl methyl sites for hydroxylation is 1. The summed E-state index contributed by atoms with van der Waals surface area (Å²) in [5.74, 6) is 0.449. The Bertz CT molecular complexity index is 545. The van der Waals surface area contributed by atoms with Gasteiger partial charge in [-0.15, -0.1) is 0 Å². The Kier molecular flexibility index (Phi) is 5.60. The van der Waals surface area contributed by atoms with Crippen molar-refractivity contribution < 1.29 is 13.9 Å². The summed E-state index contributed by atoms with van der Waals surface area (Å²) >= 11 is 0. The first-order valence-electron chi connectivity index (χ1n) is 7.56. The van der Waals surface area contributed by atoms with Crippen LogP contribution in [0, 0.1) is 5.82 Å². The van der Waals surface area contributed by atoms with E-state index in [9.17, 15) is 4.39 Å². The molecule has 0 aliphatic rings. The van der Waals surface area contributed by atoms with E-state index in [0.717, 1.165) is 24.0 Å². The number of unbranched alkanes of at least 4 members (excludes halogenated alkanes) is 5. The molecule has 1 heterocycles. The molecule has 0 saturated heterocycles. The number of hydrogen-bond acceptors (Lipinski definition) is 2. The van der Waals surface area contributed by atoms with Gasteiger partial charge < -0.3 is 9.52 Å². The van der Waals surface area contributed by atoms with E-state index in [0.29, 0.717) is 11.1 Å². The number of hydrogen-bond donors (Lipinski definition) is 1. The molecule has 0 amide bonds. The van der Waals surface area contributed by atoms with E-state index in [1.54, 1.807) is 6.07 Å². The Balaban J connectivity index is 1.93. The second-order valence-electron chi connectivity index (χ2n) is 5.38. The van der Waals surface area contributed by atoms with E-state index in [1.807, 2.05) is 6.07 Å². The molecule has 2 nitrogen and oxygen atoms in total. The molecule has 2 rings (SSSR count). The second-order valence-corrected chi connectivity index (χ2v) is 5.38. The standard InChI is InChI=1S/C17H23FO2/c1-2-3-4-5-6-7-8-15-11-14-9-13(12-19)10-16(18)17(14)20-15/h9-11,19H,2-8,12H2,1H3. The van der Waals surface area contributed by atoms with Crippen molar-refractivity contribution in [3.05, 3.63) is 35.3 Å². The molecule has 0 atom stereocenters. The number of rotatable bonds is 8. The molecule has 20 heavy (non-hydrogen) atoms. The normalized spacial score (nSPS) is 11.3. The Morgan fingerprint density at radius 3 is 2.55 bits per heavy atom. The summed E-state index contributed by atoms with van der Waals surface area (Å²) < 4.78 is 19.3. The Morgan fingerprint density at radius 2 is 1.80 bits per heavy atom. The maximum atomic E-state index is 13.8. The van der Waals surface area contributed by atoms with E-state index in [-0.39, 0.29) is 12.4 Å². The molecule has 1 aromatic heterocycles. The van der Waals surface area contributed by atoms with Crippen molar-refractivity contribution in [1.82, 2.24) is 0 Å². The minimum absolute atomic E-state index is 0.148. The van der Waals surface area contributed by atoms with Crippen LogP contribution in [-0.4, -0.2) is 5.11 Å². The second kappa shape index (κ2) is 7.44. The molecule has 0 aliphatic heterocycles. The molecule has 0 spiro atoms. The van der Waals surface area contributed by atoms with Crippen molar-refractivity contribution in [2.75, 3.05) is 0 Å². The van der Waals surface area contributed by atoms with Crippen LogP contribution in [0.3, 0.4) is 0 Å². The van der Waals surface area contributed by atoms with Gasteiger partial charge in [0.25, 0.3) is 0 Å². The first-order valence-corrected chi connectivity index (χ1v) is 7.56. The molecular formula is C17H23FO2. The molecule has 0 unspecified atom stereocenters. The van der Waals surface area contributed by atoms with E-state index in [2.05, 4.69) is 6.92 Å². The lowest BCUT2D eigenvalue weighted by Gasteiger charge is -1.98. The smallest absolute Gasteiger partial charge is 0.169 e. The summed E-state index contributed by atoms with van der Waals surface area (Å²) in [5, 5.41) is 9.82. The lowest BCUT2D eigenvalue weighted by molar-refractivity contribution is 0.281. The van der Waals surface area contributed by atoms with Crippen LogP contribution in [0.1, 0.15) is 56.8 Å². The molecule has 0 radical (unpaired) electrons. The summed E-state index contributed by atoms with van der Waals surface area (Å²) in [7, 11) is 0. The van der Waals surface area contributed by atoms with Gasteiger partial charge in [-0.05, 0) is 30.2 Å². The minimum Gasteiger partial charge on any atom is -0.458 e. The van der Waals surface area contributed by atoms with Crippen molar-refractivity contribution in [1.29, 1.82) is 0 Å². The van der Waals surface area contributed by atoms with Crippen molar-refractivity contribution in [3.63, 3.8) is 0 Å². The van der Waals surface area contributed by atoms with Crippen LogP contribution in [0.2, 0.25) is 0 Å². The van der Waals surface area contributed by atoms with Gasteiger partial charge in [0.2, 0.25) is 0 Å². The molecule has 3 heteroatoms. The van der Waals surface area contributed by atoms with Crippen LogP contribution < -0.4 is 0 Å². The third-order valence-corrected chi connectivity index (χ3v) is 3.64. The van der Waals surface area contributed by atoms with E-state index in [4.69, 9.17) is 9.52 Å². The van der Waals surface area contributed by atoms with Crippen molar-refractivity contribution in [3.8, 4) is 0 Å². The van der Waals surface area contributed by atoms with Gasteiger partial charge in [-0.25, -0.2) is 4.39 Å². The third kappa shape index (κ3) is 3.83. The van der Waals surface area contributed by atoms with Crippen molar-refractivity contribution >= 4 is 11.0 Å². The maximum absolute atomic E-state index is 13.8. The molecule has 0 fully saturated rings. The fraction of sp³-hybridized carbons (Fsp3) is 0.529. The number of furan rings is 1. The molecule has 0 aliphatic carbocycles. The lowest BCUT2D eigenvalue weighted by Crippen LogP contribution is -1.84. The molecule has 0 saturated carbocycles. The molecule has 1 aromatic carbocycles. The van der Waals surface area contributed by atoms with E-state index >= 15 is 0 Å². The Hall–Kier alpha value is -1.35. The minimum atomic E-state index is -0.388. The Labute approximate surface area is 119 Å². The first-order chi connectivity index (χ1) is 9.74. The quantitative estimate of drug-likeness (QED) is 0.692. The first kappa shape index (κ1) is 15.0. The highest BCUT2D eigenvalue weighted by atomic mass is 19.1. The zero-order valence-electron chi connectivity index (χ0n) is 12.1. The van der Waals surface area contributed by atoms with E-state index < -0.39 is 0 Å². The van der Waals surface area contributed by atoms with Crippen LogP contribution in [0.25, 0.3) is 11.0 Å². The third-order valence-electron chi connectivity index (χ3n) is 3.64. The zero-order chi connectivity index (χ0) is 14.4. The van der Waals surface area contributed by atoms with Crippen LogP contribution in [0.5, 0.6) is 0 Å². The largest absolute Gasteiger partial charge is 0.458 e. The molecule has 0 bridgehead atoms. The van der Waals surface area contributed by atoms with Crippen LogP contribution >= 0.6 is 0 Å². The highest BCUT2D eigenvalue weighted by molar-refractivity contribution is 5.79. The maximum Gasteiger partial charge on any atom is 0.169 e. The highest BCUT2D eigenvalue weighted by Crippen LogP contribution is 2.25. The number of benzene rings is 1. The fourth-order valence-electron chi connectivity index (χ4n) is 2.52. The summed E-state index contributed by atoms with van der Waals surface area (Å²) in [5.41, 5.74) is 0.894. The fourth-order valence-corrected chi connectivity index (χ4v) is 2.52. The number of halogens is 1. The van der Waals surface area contributed by atoms with Crippen molar-refractivity contribution in [2.24, 2.45) is 0 Å². The van der Waals surface area contributed by atoms with Gasteiger partial charge in [0.05, 0.1) is 6.61 Å². The average Bonchev–Trinajstić information content (AvgIpc) is 2.86. The summed E-state index contributed by atoms with van der Waals surface area (Å²) in [6, 6.07) is 5.01. The number of aliphatic hydroxyl groups excluding tert-OH is 1. The SMILES string of the molecule is CCCCCCCCc1cc2cc(CO)cc(F)c2o1. The van der Waals surface area contributed by atoms with Gasteiger partial charge in [0.1, 0.15) is 5.76 Å². The van der Waals surface area contributed by atoms with E-state index in [1.165, 1.54) is 38.2 Å². The van der Waals surface area contributed by atoms with Gasteiger partial charge in [0, 0.05) is 11.8 Å². The summed E-state index contributed by atoms with van der Waals surface area (Å²) in [6.45, 7) is 2.06. The molecule has 2 aromatic rings. The number of fused-ring (bicyclic) bond motifs is 1. The highest BCUT2D eigenvalue weighted by Gasteiger charge is 2.10. The molecule has 1 N–H and O–H groups in total. The van der Waals surface area contributed by atoms with Gasteiger partial charge in [0.15, 0.2) is 11.4 Å². The van der Waals surface area contributed by atoms with Gasteiger partial charge in [-0.2, -0.15) is 0 Å². The predicted octanol–water partition coefficient (Wildman–Crippen LogP) is 4.97.